The molecule has 4 nitrogen and oxygen atoms in total. The van der Waals surface area contributed by atoms with E-state index in [0.717, 1.165) is 12.8 Å². The first-order valence-electron chi connectivity index (χ1n) is 5.64. The second-order valence-corrected chi connectivity index (χ2v) is 5.48. The molecule has 98 valence electrons. The Bertz CT molecular complexity index is 461. The maximum absolute atomic E-state index is 12.0. The topological polar surface area (TPSA) is 58.6 Å². The minimum atomic E-state index is -0.170. The molecule has 0 aromatic heterocycles. The van der Waals surface area contributed by atoms with E-state index in [4.69, 9.17) is 16.3 Å². The highest BCUT2D eigenvalue weighted by Gasteiger charge is 2.23. The molecular formula is C12H13BrClNO3. The predicted molar refractivity (Wildman–Crippen MR) is 73.0 cm³/mol. The highest BCUT2D eigenvalue weighted by molar-refractivity contribution is 9.10. The number of ether oxygens (including phenoxy) is 1. The van der Waals surface area contributed by atoms with Crippen molar-refractivity contribution in [2.24, 2.45) is 5.92 Å². The highest BCUT2D eigenvalue weighted by Crippen LogP contribution is 2.35. The summed E-state index contributed by atoms with van der Waals surface area (Å²) < 4.78 is 5.71. The Morgan fingerprint density at radius 3 is 3.00 bits per heavy atom. The van der Waals surface area contributed by atoms with Gasteiger partial charge in [0.25, 0.3) is 0 Å². The smallest absolute Gasteiger partial charge is 0.229 e. The zero-order chi connectivity index (χ0) is 13.1. The van der Waals surface area contributed by atoms with Crippen LogP contribution in [0, 0.1) is 5.92 Å². The molecule has 1 aliphatic heterocycles. The van der Waals surface area contributed by atoms with Gasteiger partial charge in [0, 0.05) is 11.6 Å². The van der Waals surface area contributed by atoms with Crippen LogP contribution >= 0.6 is 27.5 Å². The summed E-state index contributed by atoms with van der Waals surface area (Å²) in [5.74, 6) is -0.348. The van der Waals surface area contributed by atoms with E-state index in [-0.39, 0.29) is 17.6 Å². The predicted octanol–water partition coefficient (Wildman–Crippen LogP) is 3.17. The zero-order valence-electron chi connectivity index (χ0n) is 9.58. The molecule has 1 fully saturated rings. The van der Waals surface area contributed by atoms with Crippen molar-refractivity contribution in [1.82, 2.24) is 0 Å². The lowest BCUT2D eigenvalue weighted by molar-refractivity contribution is -0.123. The number of hydrogen-bond acceptors (Lipinski definition) is 3. The molecule has 1 unspecified atom stereocenters. The number of nitrogens with one attached hydrogen (secondary N) is 1. The lowest BCUT2D eigenvalue weighted by Crippen LogP contribution is -2.30. The van der Waals surface area contributed by atoms with Crippen molar-refractivity contribution in [3.63, 3.8) is 0 Å². The van der Waals surface area contributed by atoms with Gasteiger partial charge in [0.1, 0.15) is 0 Å². The summed E-state index contributed by atoms with van der Waals surface area (Å²) in [6.07, 6.45) is 1.68. The van der Waals surface area contributed by atoms with Gasteiger partial charge in [-0.3, -0.25) is 4.79 Å². The summed E-state index contributed by atoms with van der Waals surface area (Å²) in [4.78, 5) is 12.0. The maximum Gasteiger partial charge on any atom is 0.229 e. The number of amides is 1. The van der Waals surface area contributed by atoms with E-state index < -0.39 is 0 Å². The van der Waals surface area contributed by atoms with Crippen molar-refractivity contribution in [3.8, 4) is 5.75 Å². The Hall–Kier alpha value is -0.780. The first-order valence-corrected chi connectivity index (χ1v) is 6.81. The maximum atomic E-state index is 12.0. The van der Waals surface area contributed by atoms with Gasteiger partial charge in [-0.05, 0) is 40.9 Å². The number of phenols is 1. The van der Waals surface area contributed by atoms with E-state index >= 15 is 0 Å². The minimum absolute atomic E-state index is 0.0236. The number of carbonyl (C=O) groups is 1. The molecule has 2 rings (SSSR count). The summed E-state index contributed by atoms with van der Waals surface area (Å²) >= 11 is 9.05. The molecule has 1 atom stereocenters. The van der Waals surface area contributed by atoms with Gasteiger partial charge in [-0.2, -0.15) is 0 Å². The fourth-order valence-electron chi connectivity index (χ4n) is 1.84. The van der Waals surface area contributed by atoms with Crippen LogP contribution in [0.5, 0.6) is 5.75 Å². The van der Waals surface area contributed by atoms with Crippen molar-refractivity contribution >= 4 is 39.1 Å². The number of phenolic OH excluding ortho intramolecular Hbond substituents is 1. The molecule has 1 heterocycles. The van der Waals surface area contributed by atoms with Gasteiger partial charge in [0.15, 0.2) is 5.75 Å². The van der Waals surface area contributed by atoms with Crippen LogP contribution in [0.3, 0.4) is 0 Å². The van der Waals surface area contributed by atoms with E-state index in [1.165, 1.54) is 6.07 Å². The average Bonchev–Trinajstić information content (AvgIpc) is 2.36. The van der Waals surface area contributed by atoms with E-state index in [1.54, 1.807) is 6.07 Å². The summed E-state index contributed by atoms with van der Waals surface area (Å²) in [6, 6.07) is 3.08. The van der Waals surface area contributed by atoms with E-state index in [1.807, 2.05) is 0 Å². The molecule has 0 aliphatic carbocycles. The molecule has 0 bridgehead atoms. The van der Waals surface area contributed by atoms with Gasteiger partial charge >= 0.3 is 0 Å². The summed E-state index contributed by atoms with van der Waals surface area (Å²) in [6.45, 7) is 1.13. The lowest BCUT2D eigenvalue weighted by atomic mass is 10.0. The van der Waals surface area contributed by atoms with Crippen LogP contribution in [0.15, 0.2) is 16.6 Å². The number of anilines is 1. The third-order valence-corrected chi connectivity index (χ3v) is 3.64. The molecule has 1 amide bonds. The van der Waals surface area contributed by atoms with Crippen LogP contribution in [0.2, 0.25) is 5.02 Å². The lowest BCUT2D eigenvalue weighted by Gasteiger charge is -2.21. The highest BCUT2D eigenvalue weighted by atomic mass is 79.9. The second kappa shape index (κ2) is 5.91. The van der Waals surface area contributed by atoms with Crippen molar-refractivity contribution in [1.29, 1.82) is 0 Å². The number of carbonyl (C=O) groups excluding carboxylic acids is 1. The third-order valence-electron chi connectivity index (χ3n) is 2.82. The summed E-state index contributed by atoms with van der Waals surface area (Å²) in [7, 11) is 0. The van der Waals surface area contributed by atoms with E-state index in [0.29, 0.717) is 28.4 Å². The second-order valence-electron chi connectivity index (χ2n) is 4.19. The zero-order valence-corrected chi connectivity index (χ0v) is 11.9. The van der Waals surface area contributed by atoms with Gasteiger partial charge in [-0.1, -0.05) is 11.6 Å². The van der Waals surface area contributed by atoms with Crippen molar-refractivity contribution < 1.29 is 14.6 Å². The fourth-order valence-corrected chi connectivity index (χ4v) is 2.65. The molecule has 0 radical (unpaired) electrons. The number of halogens is 2. The third kappa shape index (κ3) is 3.16. The SMILES string of the molecule is O=C(Nc1cc(Cl)cc(Br)c1O)C1CCCOC1. The van der Waals surface area contributed by atoms with E-state index in [9.17, 15) is 9.90 Å². The minimum Gasteiger partial charge on any atom is -0.505 e. The molecule has 18 heavy (non-hydrogen) atoms. The van der Waals surface area contributed by atoms with Crippen molar-refractivity contribution in [3.05, 3.63) is 21.6 Å². The van der Waals surface area contributed by atoms with Crippen molar-refractivity contribution in [2.75, 3.05) is 18.5 Å². The monoisotopic (exact) mass is 333 g/mol. The molecule has 6 heteroatoms. The standard InChI is InChI=1S/C12H13BrClNO3/c13-9-4-8(14)5-10(11(9)16)15-12(17)7-2-1-3-18-6-7/h4-5,7,16H,1-3,6H2,(H,15,17). The largest absolute Gasteiger partial charge is 0.505 e. The van der Waals surface area contributed by atoms with Crippen LogP contribution in [0.1, 0.15) is 12.8 Å². The summed E-state index contributed by atoms with van der Waals surface area (Å²) in [5.41, 5.74) is 0.310. The Balaban J connectivity index is 2.11. The molecule has 0 saturated carbocycles. The van der Waals surface area contributed by atoms with Crippen LogP contribution in [0.25, 0.3) is 0 Å². The molecular weight excluding hydrogens is 321 g/mol. The molecule has 1 aromatic rings. The van der Waals surface area contributed by atoms with Crippen LogP contribution in [0.4, 0.5) is 5.69 Å². The fraction of sp³-hybridized carbons (Fsp3) is 0.417. The molecule has 2 N–H and O–H groups in total. The van der Waals surface area contributed by atoms with Gasteiger partial charge in [0.2, 0.25) is 5.91 Å². The van der Waals surface area contributed by atoms with Crippen LogP contribution in [-0.2, 0) is 9.53 Å². The Morgan fingerprint density at radius 2 is 2.33 bits per heavy atom. The van der Waals surface area contributed by atoms with E-state index in [2.05, 4.69) is 21.2 Å². The molecule has 1 aromatic carbocycles. The Kier molecular flexibility index (Phi) is 4.48. The van der Waals surface area contributed by atoms with Gasteiger partial charge in [0.05, 0.1) is 22.7 Å². The Labute approximate surface area is 118 Å². The normalized spacial score (nSPS) is 19.6. The molecule has 1 aliphatic rings. The number of aromatic hydroxyl groups is 1. The first-order chi connectivity index (χ1) is 8.58. The van der Waals surface area contributed by atoms with Crippen LogP contribution < -0.4 is 5.32 Å². The molecule has 0 spiro atoms. The van der Waals surface area contributed by atoms with Crippen molar-refractivity contribution in [2.45, 2.75) is 12.8 Å². The number of hydrogen-bond donors (Lipinski definition) is 2. The quantitative estimate of drug-likeness (QED) is 0.817. The van der Waals surface area contributed by atoms with Crippen LogP contribution in [-0.4, -0.2) is 24.2 Å². The summed E-state index contributed by atoms with van der Waals surface area (Å²) in [5, 5.41) is 12.9. The molecule has 1 saturated heterocycles. The number of rotatable bonds is 2. The number of benzene rings is 1. The van der Waals surface area contributed by atoms with Gasteiger partial charge in [-0.15, -0.1) is 0 Å². The van der Waals surface area contributed by atoms with Gasteiger partial charge in [-0.25, -0.2) is 0 Å². The van der Waals surface area contributed by atoms with Gasteiger partial charge < -0.3 is 15.2 Å². The average molecular weight is 335 g/mol. The Morgan fingerprint density at radius 1 is 1.56 bits per heavy atom. The first kappa shape index (κ1) is 13.6.